The van der Waals surface area contributed by atoms with Crippen molar-refractivity contribution in [2.45, 2.75) is 14.7 Å². The Balaban J connectivity index is 2.66. The van der Waals surface area contributed by atoms with Crippen LogP contribution in [0.1, 0.15) is 0 Å². The highest BCUT2D eigenvalue weighted by molar-refractivity contribution is 7.92. The normalized spacial score (nSPS) is 13.2. The van der Waals surface area contributed by atoms with Crippen molar-refractivity contribution in [1.82, 2.24) is 0 Å². The minimum atomic E-state index is -3.77. The van der Waals surface area contributed by atoms with Crippen molar-refractivity contribution in [2.24, 2.45) is 0 Å². The minimum absolute atomic E-state index is 0.0999. The Hall–Kier alpha value is -1.50. The summed E-state index contributed by atoms with van der Waals surface area (Å²) in [4.78, 5) is -0.152. The molecular formula is C12H10O4S2. The van der Waals surface area contributed by atoms with E-state index in [4.69, 9.17) is 4.55 Å². The Morgan fingerprint density at radius 3 is 2.06 bits per heavy atom. The van der Waals surface area contributed by atoms with Crippen molar-refractivity contribution in [3.05, 3.63) is 54.6 Å². The van der Waals surface area contributed by atoms with Gasteiger partial charge in [0.2, 0.25) is 9.84 Å². The predicted octanol–water partition coefficient (Wildman–Crippen LogP) is 2.10. The highest BCUT2D eigenvalue weighted by atomic mass is 32.2. The van der Waals surface area contributed by atoms with E-state index in [2.05, 4.69) is 0 Å². The minimum Gasteiger partial charge on any atom is -0.302 e. The van der Waals surface area contributed by atoms with Crippen LogP contribution in [0.3, 0.4) is 0 Å². The monoisotopic (exact) mass is 282 g/mol. The predicted molar refractivity (Wildman–Crippen MR) is 67.4 cm³/mol. The molecule has 1 unspecified atom stereocenters. The lowest BCUT2D eigenvalue weighted by atomic mass is 10.4. The van der Waals surface area contributed by atoms with Crippen molar-refractivity contribution in [3.63, 3.8) is 0 Å². The number of sulfone groups is 1. The summed E-state index contributed by atoms with van der Waals surface area (Å²) >= 11 is -2.34. The van der Waals surface area contributed by atoms with Gasteiger partial charge in [-0.2, -0.15) is 0 Å². The van der Waals surface area contributed by atoms with E-state index >= 15 is 0 Å². The molecular weight excluding hydrogens is 272 g/mol. The lowest BCUT2D eigenvalue weighted by molar-refractivity contribution is 0.558. The Morgan fingerprint density at radius 1 is 0.889 bits per heavy atom. The van der Waals surface area contributed by atoms with Crippen molar-refractivity contribution in [3.8, 4) is 0 Å². The second kappa shape index (κ2) is 5.01. The largest absolute Gasteiger partial charge is 0.302 e. The van der Waals surface area contributed by atoms with Crippen LogP contribution in [-0.4, -0.2) is 17.2 Å². The van der Waals surface area contributed by atoms with Gasteiger partial charge in [0.1, 0.15) is 0 Å². The smallest absolute Gasteiger partial charge is 0.207 e. The van der Waals surface area contributed by atoms with Gasteiger partial charge in [0.05, 0.1) is 14.7 Å². The molecule has 0 heterocycles. The molecule has 2 aromatic carbocycles. The molecule has 0 aliphatic heterocycles. The van der Waals surface area contributed by atoms with E-state index in [9.17, 15) is 12.6 Å². The van der Waals surface area contributed by atoms with Crippen LogP contribution in [0.5, 0.6) is 0 Å². The van der Waals surface area contributed by atoms with Gasteiger partial charge in [-0.3, -0.25) is 0 Å². The molecule has 1 atom stereocenters. The summed E-state index contributed by atoms with van der Waals surface area (Å²) in [5, 5.41) is 0. The second-order valence-corrected chi connectivity index (χ2v) is 6.37. The quantitative estimate of drug-likeness (QED) is 0.875. The Bertz CT molecular complexity index is 678. The molecule has 0 saturated heterocycles. The molecule has 2 rings (SSSR count). The van der Waals surface area contributed by atoms with Crippen LogP contribution in [0.15, 0.2) is 69.3 Å². The van der Waals surface area contributed by atoms with Crippen molar-refractivity contribution < 1.29 is 17.2 Å². The SMILES string of the molecule is O=S(O)c1ccccc1S(=O)(=O)c1ccccc1. The molecule has 94 valence electrons. The van der Waals surface area contributed by atoms with Crippen LogP contribution >= 0.6 is 0 Å². The molecule has 0 bridgehead atoms. The first-order valence-electron chi connectivity index (χ1n) is 5.03. The Morgan fingerprint density at radius 2 is 1.44 bits per heavy atom. The summed E-state index contributed by atoms with van der Waals surface area (Å²) in [6.45, 7) is 0. The summed E-state index contributed by atoms with van der Waals surface area (Å²) in [6, 6.07) is 13.5. The molecule has 4 nitrogen and oxygen atoms in total. The van der Waals surface area contributed by atoms with E-state index in [1.165, 1.54) is 36.4 Å². The molecule has 0 radical (unpaired) electrons. The molecule has 2 aromatic rings. The summed E-state index contributed by atoms with van der Waals surface area (Å²) in [6.07, 6.45) is 0. The lowest BCUT2D eigenvalue weighted by Crippen LogP contribution is -2.06. The van der Waals surface area contributed by atoms with Crippen LogP contribution < -0.4 is 0 Å². The van der Waals surface area contributed by atoms with Crippen molar-refractivity contribution in [2.75, 3.05) is 0 Å². The van der Waals surface area contributed by atoms with Crippen LogP contribution in [0.4, 0.5) is 0 Å². The summed E-state index contributed by atoms with van der Waals surface area (Å²) < 4.78 is 44.9. The number of rotatable bonds is 3. The van der Waals surface area contributed by atoms with E-state index in [0.717, 1.165) is 0 Å². The number of hydrogen-bond donors (Lipinski definition) is 1. The highest BCUT2D eigenvalue weighted by Gasteiger charge is 2.22. The van der Waals surface area contributed by atoms with E-state index in [0.29, 0.717) is 0 Å². The fraction of sp³-hybridized carbons (Fsp3) is 0. The molecule has 0 aliphatic carbocycles. The van der Waals surface area contributed by atoms with Gasteiger partial charge in [0, 0.05) is 0 Å². The first kappa shape index (κ1) is 12.9. The number of benzene rings is 2. The van der Waals surface area contributed by atoms with Crippen molar-refractivity contribution >= 4 is 20.9 Å². The zero-order valence-electron chi connectivity index (χ0n) is 9.18. The van der Waals surface area contributed by atoms with E-state index in [1.54, 1.807) is 18.2 Å². The third-order valence-electron chi connectivity index (χ3n) is 2.38. The zero-order valence-corrected chi connectivity index (χ0v) is 10.8. The average Bonchev–Trinajstić information content (AvgIpc) is 2.39. The first-order chi connectivity index (χ1) is 8.53. The molecule has 18 heavy (non-hydrogen) atoms. The zero-order chi connectivity index (χ0) is 13.2. The topological polar surface area (TPSA) is 71.4 Å². The van der Waals surface area contributed by atoms with Gasteiger partial charge in [-0.25, -0.2) is 12.6 Å². The molecule has 6 heteroatoms. The third kappa shape index (κ3) is 2.35. The second-order valence-electron chi connectivity index (χ2n) is 3.51. The van der Waals surface area contributed by atoms with Crippen LogP contribution in [-0.2, 0) is 20.9 Å². The van der Waals surface area contributed by atoms with Gasteiger partial charge in [-0.15, -0.1) is 0 Å². The van der Waals surface area contributed by atoms with E-state index in [-0.39, 0.29) is 14.7 Å². The average molecular weight is 282 g/mol. The van der Waals surface area contributed by atoms with Gasteiger partial charge in [0.15, 0.2) is 11.1 Å². The third-order valence-corrected chi connectivity index (χ3v) is 5.07. The first-order valence-corrected chi connectivity index (χ1v) is 7.62. The Labute approximate surface area is 107 Å². The van der Waals surface area contributed by atoms with Crippen LogP contribution in [0.2, 0.25) is 0 Å². The van der Waals surface area contributed by atoms with Gasteiger partial charge in [-0.05, 0) is 24.3 Å². The molecule has 1 N–H and O–H groups in total. The molecule has 0 aliphatic rings. The fourth-order valence-electron chi connectivity index (χ4n) is 1.54. The fourth-order valence-corrected chi connectivity index (χ4v) is 3.88. The van der Waals surface area contributed by atoms with Gasteiger partial charge < -0.3 is 4.55 Å². The van der Waals surface area contributed by atoms with Crippen LogP contribution in [0, 0.1) is 0 Å². The summed E-state index contributed by atoms with van der Waals surface area (Å²) in [7, 11) is -3.77. The highest BCUT2D eigenvalue weighted by Crippen LogP contribution is 2.25. The number of hydrogen-bond acceptors (Lipinski definition) is 3. The molecule has 0 amide bonds. The maximum atomic E-state index is 12.3. The van der Waals surface area contributed by atoms with Gasteiger partial charge in [0.25, 0.3) is 0 Å². The lowest BCUT2D eigenvalue weighted by Gasteiger charge is -2.07. The van der Waals surface area contributed by atoms with E-state index < -0.39 is 20.9 Å². The molecule has 0 spiro atoms. The van der Waals surface area contributed by atoms with Gasteiger partial charge >= 0.3 is 0 Å². The summed E-state index contributed by atoms with van der Waals surface area (Å²) in [5.74, 6) is 0. The maximum Gasteiger partial charge on any atom is 0.207 e. The van der Waals surface area contributed by atoms with Crippen LogP contribution in [0.25, 0.3) is 0 Å². The molecule has 0 aromatic heterocycles. The Kier molecular flexibility index (Phi) is 3.60. The van der Waals surface area contributed by atoms with Crippen molar-refractivity contribution in [1.29, 1.82) is 0 Å². The van der Waals surface area contributed by atoms with Gasteiger partial charge in [-0.1, -0.05) is 30.3 Å². The molecule has 0 fully saturated rings. The molecule has 0 saturated carbocycles. The maximum absolute atomic E-state index is 12.3. The summed E-state index contributed by atoms with van der Waals surface area (Å²) in [5.41, 5.74) is 0. The standard InChI is InChI=1S/C12H10O4S2/c13-17(14)11-8-4-5-9-12(11)18(15,16)10-6-2-1-3-7-10/h1-9H,(H,13,14). The van der Waals surface area contributed by atoms with E-state index in [1.807, 2.05) is 0 Å².